The number of nitrogens with zero attached hydrogens (tertiary/aromatic N) is 3. The van der Waals surface area contributed by atoms with Crippen LogP contribution in [0.4, 0.5) is 0 Å². The highest BCUT2D eigenvalue weighted by atomic mass is 32.2. The van der Waals surface area contributed by atoms with Crippen molar-refractivity contribution >= 4 is 17.7 Å². The molecule has 3 rings (SSSR count). The minimum Gasteiger partial charge on any atom is -0.436 e. The van der Waals surface area contributed by atoms with Crippen molar-refractivity contribution in [2.75, 3.05) is 38.5 Å². The second-order valence-electron chi connectivity index (χ2n) is 5.94. The molecule has 0 aliphatic carbocycles. The van der Waals surface area contributed by atoms with Gasteiger partial charge >= 0.3 is 0 Å². The van der Waals surface area contributed by atoms with E-state index >= 15 is 0 Å². The largest absolute Gasteiger partial charge is 0.436 e. The maximum absolute atomic E-state index is 12.5. The molecule has 24 heavy (non-hydrogen) atoms. The molecule has 128 valence electrons. The van der Waals surface area contributed by atoms with Crippen molar-refractivity contribution in [2.24, 2.45) is 0 Å². The van der Waals surface area contributed by atoms with Gasteiger partial charge in [-0.3, -0.25) is 9.69 Å². The Hall–Kier alpha value is -1.79. The molecule has 0 saturated carbocycles. The number of aromatic nitrogens is 1. The lowest BCUT2D eigenvalue weighted by atomic mass is 10.2. The number of amides is 1. The van der Waals surface area contributed by atoms with Crippen LogP contribution in [0.25, 0.3) is 0 Å². The van der Waals surface area contributed by atoms with Crippen LogP contribution < -0.4 is 0 Å². The molecule has 1 saturated heterocycles. The van der Waals surface area contributed by atoms with E-state index < -0.39 is 0 Å². The number of aryl methyl sites for hydroxylation is 2. The van der Waals surface area contributed by atoms with Crippen molar-refractivity contribution in [3.63, 3.8) is 0 Å². The summed E-state index contributed by atoms with van der Waals surface area (Å²) in [5, 5.41) is 0. The Labute approximate surface area is 147 Å². The van der Waals surface area contributed by atoms with Crippen LogP contribution in [0.1, 0.15) is 22.1 Å². The molecule has 1 aromatic carbocycles. The highest BCUT2D eigenvalue weighted by molar-refractivity contribution is 7.99. The zero-order valence-corrected chi connectivity index (χ0v) is 15.0. The van der Waals surface area contributed by atoms with E-state index in [1.807, 2.05) is 29.7 Å². The smallest absolute Gasteiger partial charge is 0.291 e. The Morgan fingerprint density at radius 3 is 2.50 bits per heavy atom. The van der Waals surface area contributed by atoms with Gasteiger partial charge < -0.3 is 9.32 Å². The third-order valence-corrected chi connectivity index (χ3v) is 5.17. The molecule has 2 aromatic rings. The lowest BCUT2D eigenvalue weighted by Crippen LogP contribution is -2.49. The summed E-state index contributed by atoms with van der Waals surface area (Å²) < 4.78 is 5.45. The number of rotatable bonds is 5. The molecule has 0 unspecified atom stereocenters. The first-order chi connectivity index (χ1) is 11.6. The molecule has 5 nitrogen and oxygen atoms in total. The van der Waals surface area contributed by atoms with Crippen LogP contribution >= 0.6 is 11.8 Å². The van der Waals surface area contributed by atoms with E-state index in [4.69, 9.17) is 4.42 Å². The highest BCUT2D eigenvalue weighted by Crippen LogP contribution is 2.18. The van der Waals surface area contributed by atoms with Crippen molar-refractivity contribution in [2.45, 2.75) is 18.7 Å². The summed E-state index contributed by atoms with van der Waals surface area (Å²) in [6.45, 7) is 7.94. The molecule has 0 atom stereocenters. The Morgan fingerprint density at radius 1 is 1.17 bits per heavy atom. The fourth-order valence-corrected chi connectivity index (χ4v) is 3.79. The Bertz CT molecular complexity index is 679. The molecule has 6 heteroatoms. The maximum Gasteiger partial charge on any atom is 0.291 e. The molecule has 1 aliphatic rings. The molecule has 1 fully saturated rings. The van der Waals surface area contributed by atoms with E-state index in [1.165, 1.54) is 4.90 Å². The van der Waals surface area contributed by atoms with E-state index in [1.54, 1.807) is 6.92 Å². The molecule has 1 aliphatic heterocycles. The van der Waals surface area contributed by atoms with Crippen molar-refractivity contribution in [3.05, 3.63) is 47.7 Å². The van der Waals surface area contributed by atoms with E-state index in [0.29, 0.717) is 17.3 Å². The Morgan fingerprint density at radius 2 is 1.88 bits per heavy atom. The van der Waals surface area contributed by atoms with Crippen molar-refractivity contribution in [1.82, 2.24) is 14.8 Å². The van der Waals surface area contributed by atoms with Gasteiger partial charge in [0.2, 0.25) is 5.76 Å². The number of carbonyl (C=O) groups excluding carboxylic acids is 1. The zero-order valence-electron chi connectivity index (χ0n) is 14.2. The van der Waals surface area contributed by atoms with Crippen LogP contribution in [0, 0.1) is 13.8 Å². The van der Waals surface area contributed by atoms with E-state index in [2.05, 4.69) is 34.1 Å². The van der Waals surface area contributed by atoms with Crippen LogP contribution in [0.2, 0.25) is 0 Å². The number of thioether (sulfide) groups is 1. The molecule has 0 N–H and O–H groups in total. The maximum atomic E-state index is 12.5. The first-order valence-electron chi connectivity index (χ1n) is 8.27. The second-order valence-corrected chi connectivity index (χ2v) is 7.11. The van der Waals surface area contributed by atoms with Gasteiger partial charge in [0.1, 0.15) is 0 Å². The van der Waals surface area contributed by atoms with Crippen LogP contribution in [0.15, 0.2) is 39.6 Å². The van der Waals surface area contributed by atoms with Gasteiger partial charge in [-0.1, -0.05) is 18.2 Å². The second kappa shape index (κ2) is 7.85. The number of piperazine rings is 1. The van der Waals surface area contributed by atoms with Gasteiger partial charge in [-0.05, 0) is 19.1 Å². The number of oxazole rings is 1. The van der Waals surface area contributed by atoms with Gasteiger partial charge in [0.05, 0.1) is 5.69 Å². The summed E-state index contributed by atoms with van der Waals surface area (Å²) in [5.41, 5.74) is 0.680. The molecule has 2 heterocycles. The third kappa shape index (κ3) is 4.19. The van der Waals surface area contributed by atoms with Gasteiger partial charge in [-0.15, -0.1) is 11.8 Å². The normalized spacial score (nSPS) is 15.7. The van der Waals surface area contributed by atoms with E-state index in [0.717, 1.165) is 38.5 Å². The van der Waals surface area contributed by atoms with Crippen LogP contribution in [-0.4, -0.2) is 59.2 Å². The highest BCUT2D eigenvalue weighted by Gasteiger charge is 2.26. The van der Waals surface area contributed by atoms with Gasteiger partial charge in [0.25, 0.3) is 5.91 Å². The Kier molecular flexibility index (Phi) is 5.58. The van der Waals surface area contributed by atoms with Crippen LogP contribution in [-0.2, 0) is 0 Å². The van der Waals surface area contributed by atoms with E-state index in [-0.39, 0.29) is 5.91 Å². The first kappa shape index (κ1) is 17.0. The summed E-state index contributed by atoms with van der Waals surface area (Å²) in [4.78, 5) is 22.3. The summed E-state index contributed by atoms with van der Waals surface area (Å²) >= 11 is 1.88. The molecule has 0 spiro atoms. The molecule has 0 bridgehead atoms. The lowest BCUT2D eigenvalue weighted by Gasteiger charge is -2.34. The first-order valence-corrected chi connectivity index (χ1v) is 9.25. The third-order valence-electron chi connectivity index (χ3n) is 4.18. The number of hydrogen-bond acceptors (Lipinski definition) is 5. The topological polar surface area (TPSA) is 49.6 Å². The quantitative estimate of drug-likeness (QED) is 0.780. The molecular weight excluding hydrogens is 322 g/mol. The summed E-state index contributed by atoms with van der Waals surface area (Å²) in [6.07, 6.45) is 0. The van der Waals surface area contributed by atoms with Crippen LogP contribution in [0.5, 0.6) is 0 Å². The van der Waals surface area contributed by atoms with Gasteiger partial charge in [-0.2, -0.15) is 0 Å². The van der Waals surface area contributed by atoms with Gasteiger partial charge in [0, 0.05) is 50.3 Å². The predicted octanol–water partition coefficient (Wildman–Crippen LogP) is 2.84. The molecule has 1 amide bonds. The number of carbonyl (C=O) groups is 1. The SMILES string of the molecule is Cc1nc(C)c(C(=O)N2CCN(CCSc3ccccc3)CC2)o1. The number of benzene rings is 1. The standard InChI is InChI=1S/C18H23N3O2S/c1-14-17(23-15(2)19-14)18(22)21-10-8-20(9-11-21)12-13-24-16-6-4-3-5-7-16/h3-7H,8-13H2,1-2H3. The van der Waals surface area contributed by atoms with Crippen molar-refractivity contribution in [3.8, 4) is 0 Å². The fourth-order valence-electron chi connectivity index (χ4n) is 2.86. The van der Waals surface area contributed by atoms with Crippen molar-refractivity contribution in [1.29, 1.82) is 0 Å². The predicted molar refractivity (Wildman–Crippen MR) is 95.5 cm³/mol. The average molecular weight is 345 g/mol. The minimum atomic E-state index is -0.0357. The van der Waals surface area contributed by atoms with E-state index in [9.17, 15) is 4.79 Å². The Balaban J connectivity index is 1.44. The minimum absolute atomic E-state index is 0.0357. The van der Waals surface area contributed by atoms with Gasteiger partial charge in [0.15, 0.2) is 5.89 Å². The van der Waals surface area contributed by atoms with Crippen LogP contribution in [0.3, 0.4) is 0 Å². The summed E-state index contributed by atoms with van der Waals surface area (Å²) in [6, 6.07) is 10.5. The fraction of sp³-hybridized carbons (Fsp3) is 0.444. The van der Waals surface area contributed by atoms with Gasteiger partial charge in [-0.25, -0.2) is 4.98 Å². The number of hydrogen-bond donors (Lipinski definition) is 0. The lowest BCUT2D eigenvalue weighted by molar-refractivity contribution is 0.0611. The van der Waals surface area contributed by atoms with Crippen molar-refractivity contribution < 1.29 is 9.21 Å². The zero-order chi connectivity index (χ0) is 16.9. The average Bonchev–Trinajstić information content (AvgIpc) is 2.94. The summed E-state index contributed by atoms with van der Waals surface area (Å²) in [7, 11) is 0. The summed E-state index contributed by atoms with van der Waals surface area (Å²) in [5.74, 6) is 1.97. The molecule has 1 aromatic heterocycles. The molecular formula is C18H23N3O2S. The molecule has 0 radical (unpaired) electrons. The monoisotopic (exact) mass is 345 g/mol.